The zero-order chi connectivity index (χ0) is 6.85. The molecule has 0 saturated heterocycles. The molecular weight excluding hydrogens is 144 g/mol. The van der Waals surface area contributed by atoms with Gasteiger partial charge in [0.05, 0.1) is 5.59 Å². The lowest BCUT2D eigenvalue weighted by Crippen LogP contribution is -2.30. The quantitative estimate of drug-likeness (QED) is 0.499. The summed E-state index contributed by atoms with van der Waals surface area (Å²) in [5, 5.41) is 17.3. The van der Waals surface area contributed by atoms with Crippen LogP contribution in [0.5, 0.6) is 0 Å². The second kappa shape index (κ2) is 2.42. The van der Waals surface area contributed by atoms with Gasteiger partial charge in [0.2, 0.25) is 0 Å². The van der Waals surface area contributed by atoms with Gasteiger partial charge in [-0.1, -0.05) is 11.3 Å². The number of hydrogen-bond acceptors (Lipinski definition) is 4. The smallest absolute Gasteiger partial charge is 0.422 e. The number of rotatable bonds is 1. The molecule has 1 aromatic rings. The number of nitrogens with zero attached hydrogens (tertiary/aromatic N) is 1. The molecule has 6 heteroatoms. The lowest BCUT2D eigenvalue weighted by molar-refractivity contribution is 0.423. The average molecular weight is 147 g/mol. The molecule has 1 rings (SSSR count). The largest absolute Gasteiger partial charge is 0.509 e. The minimum atomic E-state index is -1.66. The zero-order valence-corrected chi connectivity index (χ0v) is 5.10. The standard InChI is InChI=1S/C3H3BFNO2S/c5-3-6-2(1-9-3)4(7)8/h1,7-8H. The van der Waals surface area contributed by atoms with E-state index in [-0.39, 0.29) is 5.59 Å². The van der Waals surface area contributed by atoms with Gasteiger partial charge in [0.1, 0.15) is 0 Å². The normalized spacial score (nSPS) is 9.67. The van der Waals surface area contributed by atoms with Gasteiger partial charge in [-0.3, -0.25) is 0 Å². The molecule has 9 heavy (non-hydrogen) atoms. The van der Waals surface area contributed by atoms with Crippen LogP contribution >= 0.6 is 11.3 Å². The number of hydrogen-bond donors (Lipinski definition) is 2. The van der Waals surface area contributed by atoms with E-state index in [4.69, 9.17) is 10.0 Å². The lowest BCUT2D eigenvalue weighted by atomic mass is 9.88. The van der Waals surface area contributed by atoms with Crippen LogP contribution in [0.4, 0.5) is 4.39 Å². The minimum absolute atomic E-state index is 0.0440. The second-order valence-electron chi connectivity index (χ2n) is 1.40. The molecule has 48 valence electrons. The highest BCUT2D eigenvalue weighted by atomic mass is 32.1. The Balaban J connectivity index is 2.85. The van der Waals surface area contributed by atoms with E-state index in [9.17, 15) is 4.39 Å². The number of aromatic nitrogens is 1. The maximum atomic E-state index is 12.0. The first-order valence-corrected chi connectivity index (χ1v) is 3.05. The van der Waals surface area contributed by atoms with Crippen molar-refractivity contribution in [2.45, 2.75) is 0 Å². The first-order valence-electron chi connectivity index (χ1n) is 2.17. The molecule has 0 bridgehead atoms. The Kier molecular flexibility index (Phi) is 1.79. The van der Waals surface area contributed by atoms with E-state index in [0.717, 1.165) is 11.3 Å². The van der Waals surface area contributed by atoms with E-state index in [0.29, 0.717) is 0 Å². The van der Waals surface area contributed by atoms with Gasteiger partial charge in [-0.25, -0.2) is 4.98 Å². The Morgan fingerprint density at radius 1 is 1.67 bits per heavy atom. The van der Waals surface area contributed by atoms with Gasteiger partial charge in [0.25, 0.3) is 5.26 Å². The fraction of sp³-hybridized carbons (Fsp3) is 0. The molecule has 0 amide bonds. The highest BCUT2D eigenvalue weighted by Gasteiger charge is 2.14. The van der Waals surface area contributed by atoms with Gasteiger partial charge >= 0.3 is 7.12 Å². The van der Waals surface area contributed by atoms with Gasteiger partial charge in [0, 0.05) is 5.38 Å². The van der Waals surface area contributed by atoms with Crippen LogP contribution in [-0.4, -0.2) is 22.2 Å². The van der Waals surface area contributed by atoms with Crippen molar-refractivity contribution in [1.29, 1.82) is 0 Å². The van der Waals surface area contributed by atoms with E-state index in [1.807, 2.05) is 0 Å². The second-order valence-corrected chi connectivity index (χ2v) is 2.21. The maximum absolute atomic E-state index is 12.0. The Hall–Kier alpha value is -0.455. The average Bonchev–Trinajstić information content (AvgIpc) is 2.14. The van der Waals surface area contributed by atoms with Crippen molar-refractivity contribution >= 4 is 24.0 Å². The summed E-state index contributed by atoms with van der Waals surface area (Å²) in [6, 6.07) is 0. The molecule has 0 aromatic carbocycles. The molecule has 0 saturated carbocycles. The third kappa shape index (κ3) is 1.47. The molecule has 2 N–H and O–H groups in total. The van der Waals surface area contributed by atoms with Crippen molar-refractivity contribution in [3.63, 3.8) is 0 Å². The Bertz CT molecular complexity index is 203. The molecule has 3 nitrogen and oxygen atoms in total. The van der Waals surface area contributed by atoms with Crippen LogP contribution in [0.3, 0.4) is 0 Å². The third-order valence-corrected chi connectivity index (χ3v) is 1.40. The summed E-state index contributed by atoms with van der Waals surface area (Å²) in [5.41, 5.74) is -0.0440. The predicted molar refractivity (Wildman–Crippen MR) is 31.9 cm³/mol. The monoisotopic (exact) mass is 147 g/mol. The van der Waals surface area contributed by atoms with Crippen molar-refractivity contribution in [2.75, 3.05) is 0 Å². The predicted octanol–water partition coefficient (Wildman–Crippen LogP) is -1.04. The van der Waals surface area contributed by atoms with Gasteiger partial charge in [-0.05, 0) is 0 Å². The molecule has 0 fully saturated rings. The van der Waals surface area contributed by atoms with E-state index in [1.54, 1.807) is 0 Å². The molecule has 0 radical (unpaired) electrons. The van der Waals surface area contributed by atoms with Crippen molar-refractivity contribution in [2.24, 2.45) is 0 Å². The first-order chi connectivity index (χ1) is 4.20. The highest BCUT2D eigenvalue weighted by Crippen LogP contribution is 1.97. The summed E-state index contributed by atoms with van der Waals surface area (Å²) in [4.78, 5) is 3.16. The van der Waals surface area contributed by atoms with Crippen LogP contribution in [0.25, 0.3) is 0 Å². The van der Waals surface area contributed by atoms with Gasteiger partial charge in [-0.2, -0.15) is 4.39 Å². The molecule has 1 aromatic heterocycles. The summed E-state index contributed by atoms with van der Waals surface area (Å²) in [7, 11) is -1.66. The molecule has 1 heterocycles. The van der Waals surface area contributed by atoms with Crippen molar-refractivity contribution in [3.8, 4) is 0 Å². The van der Waals surface area contributed by atoms with Crippen LogP contribution < -0.4 is 5.59 Å². The summed E-state index contributed by atoms with van der Waals surface area (Å²) < 4.78 is 12.0. The van der Waals surface area contributed by atoms with Crippen molar-refractivity contribution < 1.29 is 14.4 Å². The summed E-state index contributed by atoms with van der Waals surface area (Å²) >= 11 is 0.735. The van der Waals surface area contributed by atoms with Crippen LogP contribution in [0.1, 0.15) is 0 Å². The summed E-state index contributed by atoms with van der Waals surface area (Å²) in [6.07, 6.45) is 0. The van der Waals surface area contributed by atoms with E-state index in [1.165, 1.54) is 5.38 Å². The summed E-state index contributed by atoms with van der Waals surface area (Å²) in [6.45, 7) is 0. The maximum Gasteiger partial charge on any atom is 0.509 e. The molecule has 0 spiro atoms. The van der Waals surface area contributed by atoms with Crippen LogP contribution in [0, 0.1) is 5.26 Å². The van der Waals surface area contributed by atoms with E-state index >= 15 is 0 Å². The molecule has 0 aliphatic heterocycles. The number of thiazole rings is 1. The van der Waals surface area contributed by atoms with Crippen molar-refractivity contribution in [3.05, 3.63) is 10.6 Å². The topological polar surface area (TPSA) is 53.4 Å². The Morgan fingerprint density at radius 3 is 2.56 bits per heavy atom. The zero-order valence-electron chi connectivity index (χ0n) is 4.28. The van der Waals surface area contributed by atoms with Crippen LogP contribution in [-0.2, 0) is 0 Å². The summed E-state index contributed by atoms with van der Waals surface area (Å²) in [5.74, 6) is 0. The van der Waals surface area contributed by atoms with Gasteiger partial charge < -0.3 is 10.0 Å². The van der Waals surface area contributed by atoms with E-state index in [2.05, 4.69) is 4.98 Å². The fourth-order valence-corrected chi connectivity index (χ4v) is 0.932. The lowest BCUT2D eigenvalue weighted by Gasteiger charge is -1.86. The number of halogens is 1. The van der Waals surface area contributed by atoms with Gasteiger partial charge in [0.15, 0.2) is 0 Å². The first kappa shape index (κ1) is 6.66. The molecule has 0 unspecified atom stereocenters. The third-order valence-electron chi connectivity index (χ3n) is 0.758. The highest BCUT2D eigenvalue weighted by molar-refractivity contribution is 7.09. The Labute approximate surface area is 54.9 Å². The molecule has 0 aliphatic rings. The van der Waals surface area contributed by atoms with Crippen LogP contribution in [0.15, 0.2) is 5.38 Å². The SMILES string of the molecule is OB(O)c1csc(F)n1. The molecule has 0 aliphatic carbocycles. The van der Waals surface area contributed by atoms with Crippen molar-refractivity contribution in [1.82, 2.24) is 4.98 Å². The molecular formula is C3H3BFNO2S. The fourth-order valence-electron chi connectivity index (χ4n) is 0.382. The van der Waals surface area contributed by atoms with Gasteiger partial charge in [-0.15, -0.1) is 0 Å². The van der Waals surface area contributed by atoms with E-state index < -0.39 is 12.4 Å². The van der Waals surface area contributed by atoms with Crippen LogP contribution in [0.2, 0.25) is 0 Å². The Morgan fingerprint density at radius 2 is 2.33 bits per heavy atom. The minimum Gasteiger partial charge on any atom is -0.422 e. The molecule has 0 atom stereocenters.